The van der Waals surface area contributed by atoms with Gasteiger partial charge in [0.1, 0.15) is 0 Å². The zero-order valence-electron chi connectivity index (χ0n) is 14.0. The first-order valence-corrected chi connectivity index (χ1v) is 8.18. The van der Waals surface area contributed by atoms with Crippen LogP contribution >= 0.6 is 0 Å². The highest BCUT2D eigenvalue weighted by molar-refractivity contribution is 5.66. The molecule has 0 radical (unpaired) electrons. The average Bonchev–Trinajstić information content (AvgIpc) is 3.25. The lowest BCUT2D eigenvalue weighted by Gasteiger charge is -2.07. The Morgan fingerprint density at radius 3 is 2.84 bits per heavy atom. The van der Waals surface area contributed by atoms with Crippen molar-refractivity contribution in [2.75, 3.05) is 18.7 Å². The van der Waals surface area contributed by atoms with Gasteiger partial charge in [-0.3, -0.25) is 0 Å². The molecule has 0 spiro atoms. The zero-order valence-corrected chi connectivity index (χ0v) is 14.0. The number of aromatic nitrogens is 2. The molecule has 2 aromatic carbocycles. The molecule has 0 saturated heterocycles. The molecule has 0 bridgehead atoms. The highest BCUT2D eigenvalue weighted by atomic mass is 16.7. The Labute approximate surface area is 146 Å². The Balaban J connectivity index is 1.45. The van der Waals surface area contributed by atoms with Gasteiger partial charge in [0.15, 0.2) is 11.5 Å². The lowest BCUT2D eigenvalue weighted by Crippen LogP contribution is -2.05. The summed E-state index contributed by atoms with van der Waals surface area (Å²) < 4.78 is 12.8. The van der Waals surface area contributed by atoms with E-state index in [-0.39, 0.29) is 6.79 Å². The van der Waals surface area contributed by atoms with E-state index < -0.39 is 0 Å². The van der Waals surface area contributed by atoms with Crippen molar-refractivity contribution in [2.24, 2.45) is 7.05 Å². The summed E-state index contributed by atoms with van der Waals surface area (Å²) >= 11 is 0. The standard InChI is InChI=1S/C20H19N3O2/c1-23-17(16-9-10-18-19(12-16)25-14-24-18)13-22-20(23)21-11-5-8-15-6-3-2-4-7-15/h2-10,12-13H,11,14H2,1H3,(H,21,22)/b8-5+. The van der Waals surface area contributed by atoms with Gasteiger partial charge in [0.05, 0.1) is 11.9 Å². The van der Waals surface area contributed by atoms with Crippen molar-refractivity contribution in [3.63, 3.8) is 0 Å². The Morgan fingerprint density at radius 2 is 1.96 bits per heavy atom. The van der Waals surface area contributed by atoms with Crippen LogP contribution in [0.25, 0.3) is 17.3 Å². The SMILES string of the molecule is Cn1c(-c2ccc3c(c2)OCO3)cnc1NC/C=C/c1ccccc1. The third kappa shape index (κ3) is 3.21. The molecule has 0 amide bonds. The summed E-state index contributed by atoms with van der Waals surface area (Å²) in [7, 11) is 2.00. The first kappa shape index (κ1) is 15.3. The molecule has 3 aromatic rings. The van der Waals surface area contributed by atoms with Crippen LogP contribution < -0.4 is 14.8 Å². The molecule has 126 valence electrons. The minimum Gasteiger partial charge on any atom is -0.454 e. The lowest BCUT2D eigenvalue weighted by molar-refractivity contribution is 0.174. The van der Waals surface area contributed by atoms with Crippen LogP contribution in [0.15, 0.2) is 60.8 Å². The zero-order chi connectivity index (χ0) is 17.1. The molecule has 1 aliphatic heterocycles. The predicted molar refractivity (Wildman–Crippen MR) is 98.7 cm³/mol. The first-order chi connectivity index (χ1) is 12.3. The molecule has 0 atom stereocenters. The monoisotopic (exact) mass is 333 g/mol. The van der Waals surface area contributed by atoms with Crippen LogP contribution in [0.1, 0.15) is 5.56 Å². The summed E-state index contributed by atoms with van der Waals surface area (Å²) in [6.07, 6.45) is 6.04. The summed E-state index contributed by atoms with van der Waals surface area (Å²) in [5.41, 5.74) is 3.25. The molecule has 2 heterocycles. The topological polar surface area (TPSA) is 48.3 Å². The second kappa shape index (κ2) is 6.73. The Morgan fingerprint density at radius 1 is 1.12 bits per heavy atom. The third-order valence-corrected chi connectivity index (χ3v) is 4.14. The van der Waals surface area contributed by atoms with E-state index >= 15 is 0 Å². The van der Waals surface area contributed by atoms with Gasteiger partial charge in [-0.2, -0.15) is 0 Å². The van der Waals surface area contributed by atoms with Crippen molar-refractivity contribution >= 4 is 12.0 Å². The van der Waals surface area contributed by atoms with E-state index in [1.54, 1.807) is 0 Å². The Bertz CT molecular complexity index is 901. The van der Waals surface area contributed by atoms with Crippen LogP contribution in [0, 0.1) is 0 Å². The molecule has 4 rings (SSSR count). The number of hydrogen-bond donors (Lipinski definition) is 1. The van der Waals surface area contributed by atoms with Gasteiger partial charge < -0.3 is 19.4 Å². The van der Waals surface area contributed by atoms with E-state index in [1.165, 1.54) is 5.56 Å². The van der Waals surface area contributed by atoms with Crippen molar-refractivity contribution in [3.8, 4) is 22.8 Å². The van der Waals surface area contributed by atoms with Gasteiger partial charge in [-0.1, -0.05) is 42.5 Å². The summed E-state index contributed by atoms with van der Waals surface area (Å²) in [6, 6.07) is 16.2. The van der Waals surface area contributed by atoms with Gasteiger partial charge in [0.25, 0.3) is 0 Å². The largest absolute Gasteiger partial charge is 0.454 e. The molecule has 0 saturated carbocycles. The van der Waals surface area contributed by atoms with E-state index in [9.17, 15) is 0 Å². The fourth-order valence-electron chi connectivity index (χ4n) is 2.81. The number of anilines is 1. The molecule has 0 fully saturated rings. The predicted octanol–water partition coefficient (Wildman–Crippen LogP) is 3.94. The van der Waals surface area contributed by atoms with Crippen LogP contribution in [-0.2, 0) is 7.05 Å². The van der Waals surface area contributed by atoms with Crippen molar-refractivity contribution in [2.45, 2.75) is 0 Å². The molecular weight excluding hydrogens is 314 g/mol. The fraction of sp³-hybridized carbons (Fsp3) is 0.150. The van der Waals surface area contributed by atoms with Gasteiger partial charge in [0.2, 0.25) is 12.7 Å². The Kier molecular flexibility index (Phi) is 4.12. The molecule has 0 aliphatic carbocycles. The molecule has 0 unspecified atom stereocenters. The van der Waals surface area contributed by atoms with Gasteiger partial charge in [-0.15, -0.1) is 0 Å². The highest BCUT2D eigenvalue weighted by Gasteiger charge is 2.15. The summed E-state index contributed by atoms with van der Waals surface area (Å²) in [6.45, 7) is 0.991. The van der Waals surface area contributed by atoms with Crippen LogP contribution in [0.3, 0.4) is 0 Å². The van der Waals surface area contributed by atoms with Gasteiger partial charge in [-0.25, -0.2) is 4.98 Å². The normalized spacial score (nSPS) is 12.7. The number of nitrogens with zero attached hydrogens (tertiary/aromatic N) is 2. The molecule has 25 heavy (non-hydrogen) atoms. The van der Waals surface area contributed by atoms with E-state index in [0.717, 1.165) is 28.7 Å². The average molecular weight is 333 g/mol. The smallest absolute Gasteiger partial charge is 0.231 e. The summed E-state index contributed by atoms with van der Waals surface area (Å²) in [4.78, 5) is 4.48. The molecule has 1 aliphatic rings. The number of rotatable bonds is 5. The van der Waals surface area contributed by atoms with Crippen LogP contribution in [0.2, 0.25) is 0 Å². The molecular formula is C20H19N3O2. The second-order valence-corrected chi connectivity index (χ2v) is 5.79. The van der Waals surface area contributed by atoms with Gasteiger partial charge >= 0.3 is 0 Å². The highest BCUT2D eigenvalue weighted by Crippen LogP contribution is 2.36. The minimum absolute atomic E-state index is 0.282. The van der Waals surface area contributed by atoms with Gasteiger partial charge in [0, 0.05) is 19.2 Å². The molecule has 5 heteroatoms. The summed E-state index contributed by atoms with van der Waals surface area (Å²) in [5, 5.41) is 3.33. The number of benzene rings is 2. The number of hydrogen-bond acceptors (Lipinski definition) is 4. The van der Waals surface area contributed by atoms with Crippen LogP contribution in [-0.4, -0.2) is 22.9 Å². The number of ether oxygens (including phenoxy) is 2. The van der Waals surface area contributed by atoms with Crippen molar-refractivity contribution in [1.82, 2.24) is 9.55 Å². The maximum atomic E-state index is 5.45. The maximum absolute atomic E-state index is 5.45. The quantitative estimate of drug-likeness (QED) is 0.768. The van der Waals surface area contributed by atoms with Crippen molar-refractivity contribution in [3.05, 3.63) is 66.4 Å². The van der Waals surface area contributed by atoms with E-state index in [4.69, 9.17) is 9.47 Å². The van der Waals surface area contributed by atoms with Gasteiger partial charge in [-0.05, 0) is 23.8 Å². The maximum Gasteiger partial charge on any atom is 0.231 e. The van der Waals surface area contributed by atoms with E-state index in [1.807, 2.05) is 54.2 Å². The lowest BCUT2D eigenvalue weighted by atomic mass is 10.1. The Hall–Kier alpha value is -3.21. The molecule has 5 nitrogen and oxygen atoms in total. The minimum atomic E-state index is 0.282. The van der Waals surface area contributed by atoms with E-state index in [2.05, 4.69) is 34.6 Å². The number of fused-ring (bicyclic) bond motifs is 1. The third-order valence-electron chi connectivity index (χ3n) is 4.14. The molecule has 1 N–H and O–H groups in total. The van der Waals surface area contributed by atoms with Crippen LogP contribution in [0.5, 0.6) is 11.5 Å². The van der Waals surface area contributed by atoms with Crippen LogP contribution in [0.4, 0.5) is 5.95 Å². The fourth-order valence-corrected chi connectivity index (χ4v) is 2.81. The second-order valence-electron chi connectivity index (χ2n) is 5.79. The number of imidazole rings is 1. The van der Waals surface area contributed by atoms with Crippen molar-refractivity contribution in [1.29, 1.82) is 0 Å². The first-order valence-electron chi connectivity index (χ1n) is 8.18. The van der Waals surface area contributed by atoms with Crippen molar-refractivity contribution < 1.29 is 9.47 Å². The number of nitrogens with one attached hydrogen (secondary N) is 1. The molecule has 1 aromatic heterocycles. The van der Waals surface area contributed by atoms with E-state index in [0.29, 0.717) is 6.54 Å². The summed E-state index contributed by atoms with van der Waals surface area (Å²) in [5.74, 6) is 2.39.